The second kappa shape index (κ2) is 7.21. The van der Waals surface area contributed by atoms with Gasteiger partial charge in [-0.2, -0.15) is 23.5 Å². The summed E-state index contributed by atoms with van der Waals surface area (Å²) < 4.78 is 52.2. The number of H-pyrrole nitrogens is 1. The second-order valence-electron chi connectivity index (χ2n) is 5.40. The molecule has 0 fully saturated rings. The van der Waals surface area contributed by atoms with Gasteiger partial charge in [-0.15, -0.1) is 0 Å². The molecule has 0 aliphatic rings. The van der Waals surface area contributed by atoms with Crippen LogP contribution >= 0.6 is 11.6 Å². The van der Waals surface area contributed by atoms with Crippen molar-refractivity contribution >= 4 is 23.3 Å². The van der Waals surface area contributed by atoms with Gasteiger partial charge in [0.15, 0.2) is 0 Å². The van der Waals surface area contributed by atoms with Crippen molar-refractivity contribution in [2.24, 2.45) is 0 Å². The molecule has 0 bridgehead atoms. The zero-order valence-electron chi connectivity index (χ0n) is 13.4. The van der Waals surface area contributed by atoms with E-state index in [0.29, 0.717) is 23.5 Å². The molecule has 4 nitrogen and oxygen atoms in total. The number of pyridine rings is 1. The fraction of sp³-hybridized carbons (Fsp3) is 0.0556. The molecular weight excluding hydrogens is 384 g/mol. The average Bonchev–Trinajstić information content (AvgIpc) is 3.07. The van der Waals surface area contributed by atoms with Crippen LogP contribution < -0.4 is 0 Å². The SMILES string of the molecule is N#CC(=Cc1cn[nH]c1-c1ccccc1F)c1ncc(C(F)(F)F)cc1Cl. The number of hydrogen-bond acceptors (Lipinski definition) is 3. The highest BCUT2D eigenvalue weighted by Gasteiger charge is 2.31. The first-order valence-electron chi connectivity index (χ1n) is 7.44. The molecule has 0 radical (unpaired) electrons. The summed E-state index contributed by atoms with van der Waals surface area (Å²) in [5.74, 6) is -0.499. The van der Waals surface area contributed by atoms with Crippen molar-refractivity contribution in [3.8, 4) is 17.3 Å². The maximum absolute atomic E-state index is 14.0. The van der Waals surface area contributed by atoms with Crippen LogP contribution in [0.15, 0.2) is 42.7 Å². The number of allylic oxidation sites excluding steroid dienone is 1. The molecule has 2 heterocycles. The van der Waals surface area contributed by atoms with Gasteiger partial charge >= 0.3 is 6.18 Å². The highest BCUT2D eigenvalue weighted by molar-refractivity contribution is 6.32. The molecule has 0 atom stereocenters. The van der Waals surface area contributed by atoms with E-state index in [1.165, 1.54) is 30.5 Å². The number of rotatable bonds is 3. The number of nitrogens with one attached hydrogen (secondary N) is 1. The predicted octanol–water partition coefficient (Wildman–Crippen LogP) is 5.35. The topological polar surface area (TPSA) is 65.4 Å². The number of hydrogen-bond donors (Lipinski definition) is 1. The molecule has 1 N–H and O–H groups in total. The molecule has 0 aliphatic heterocycles. The van der Waals surface area contributed by atoms with Crippen LogP contribution in [0.1, 0.15) is 16.8 Å². The molecule has 0 amide bonds. The third kappa shape index (κ3) is 3.83. The van der Waals surface area contributed by atoms with Gasteiger partial charge in [0.05, 0.1) is 33.7 Å². The Morgan fingerprint density at radius 3 is 2.59 bits per heavy atom. The number of alkyl halides is 3. The van der Waals surface area contributed by atoms with E-state index in [2.05, 4.69) is 15.2 Å². The molecule has 0 aliphatic carbocycles. The predicted molar refractivity (Wildman–Crippen MR) is 91.7 cm³/mol. The van der Waals surface area contributed by atoms with Crippen LogP contribution in [0.2, 0.25) is 5.02 Å². The van der Waals surface area contributed by atoms with E-state index in [9.17, 15) is 22.8 Å². The van der Waals surface area contributed by atoms with Gasteiger partial charge in [-0.05, 0) is 24.3 Å². The molecule has 0 saturated carbocycles. The van der Waals surface area contributed by atoms with Gasteiger partial charge in [0.1, 0.15) is 11.9 Å². The summed E-state index contributed by atoms with van der Waals surface area (Å²) in [6.45, 7) is 0. The quantitative estimate of drug-likeness (QED) is 0.483. The number of nitrogens with zero attached hydrogens (tertiary/aromatic N) is 3. The van der Waals surface area contributed by atoms with E-state index < -0.39 is 17.6 Å². The van der Waals surface area contributed by atoms with E-state index in [0.717, 1.165) is 0 Å². The van der Waals surface area contributed by atoms with Gasteiger partial charge in [0.2, 0.25) is 0 Å². The highest BCUT2D eigenvalue weighted by Crippen LogP contribution is 2.33. The van der Waals surface area contributed by atoms with Crippen molar-refractivity contribution < 1.29 is 17.6 Å². The maximum Gasteiger partial charge on any atom is 0.417 e. The lowest BCUT2D eigenvalue weighted by Gasteiger charge is -2.08. The lowest BCUT2D eigenvalue weighted by atomic mass is 10.0. The summed E-state index contributed by atoms with van der Waals surface area (Å²) in [4.78, 5) is 3.67. The summed E-state index contributed by atoms with van der Waals surface area (Å²) in [5.41, 5.74) is -0.340. The van der Waals surface area contributed by atoms with Crippen molar-refractivity contribution in [2.75, 3.05) is 0 Å². The first-order valence-corrected chi connectivity index (χ1v) is 7.82. The minimum Gasteiger partial charge on any atom is -0.277 e. The van der Waals surface area contributed by atoms with Gasteiger partial charge < -0.3 is 0 Å². The Balaban J connectivity index is 2.07. The lowest BCUT2D eigenvalue weighted by molar-refractivity contribution is -0.137. The summed E-state index contributed by atoms with van der Waals surface area (Å²) >= 11 is 5.89. The summed E-state index contributed by atoms with van der Waals surface area (Å²) in [7, 11) is 0. The molecule has 9 heteroatoms. The Bertz CT molecular complexity index is 1060. The minimum absolute atomic E-state index is 0.0901. The molecule has 2 aromatic heterocycles. The Kier molecular flexibility index (Phi) is 4.97. The summed E-state index contributed by atoms with van der Waals surface area (Å²) in [5, 5.41) is 15.6. The third-order valence-electron chi connectivity index (χ3n) is 3.66. The van der Waals surface area contributed by atoms with Crippen LogP contribution in [0.4, 0.5) is 17.6 Å². The smallest absolute Gasteiger partial charge is 0.277 e. The maximum atomic E-state index is 14.0. The van der Waals surface area contributed by atoms with Crippen LogP contribution in [0.5, 0.6) is 0 Å². The van der Waals surface area contributed by atoms with Gasteiger partial charge in [-0.25, -0.2) is 4.39 Å². The molecule has 1 aromatic carbocycles. The molecule has 0 spiro atoms. The van der Waals surface area contributed by atoms with Crippen molar-refractivity contribution in [2.45, 2.75) is 6.18 Å². The Morgan fingerprint density at radius 2 is 1.96 bits per heavy atom. The number of halogens is 5. The average molecular weight is 393 g/mol. The molecule has 136 valence electrons. The van der Waals surface area contributed by atoms with Crippen LogP contribution in [-0.2, 0) is 6.18 Å². The Morgan fingerprint density at radius 1 is 1.22 bits per heavy atom. The first-order chi connectivity index (χ1) is 12.8. The second-order valence-corrected chi connectivity index (χ2v) is 5.81. The van der Waals surface area contributed by atoms with Gasteiger partial charge in [0.25, 0.3) is 0 Å². The molecule has 3 rings (SSSR count). The van der Waals surface area contributed by atoms with Crippen LogP contribution in [0.25, 0.3) is 22.9 Å². The largest absolute Gasteiger partial charge is 0.417 e. The van der Waals surface area contributed by atoms with Crippen LogP contribution in [0, 0.1) is 17.1 Å². The van der Waals surface area contributed by atoms with E-state index >= 15 is 0 Å². The normalized spacial score (nSPS) is 12.1. The monoisotopic (exact) mass is 392 g/mol. The van der Waals surface area contributed by atoms with Crippen molar-refractivity contribution in [3.05, 3.63) is 70.4 Å². The molecule has 0 unspecified atom stereocenters. The Labute approximate surface area is 155 Å². The fourth-order valence-corrected chi connectivity index (χ4v) is 2.65. The zero-order chi connectivity index (χ0) is 19.6. The van der Waals surface area contributed by atoms with E-state index in [1.54, 1.807) is 6.07 Å². The lowest BCUT2D eigenvalue weighted by Crippen LogP contribution is -2.06. The minimum atomic E-state index is -4.60. The molecule has 0 saturated heterocycles. The standard InChI is InChI=1S/C18H9ClF4N4/c19-14-6-12(18(21,22)23)9-25-17(14)10(7-24)5-11-8-26-27-16(11)13-3-1-2-4-15(13)20/h1-6,8-9H,(H,26,27). The number of nitriles is 1. The van der Waals surface area contributed by atoms with Crippen molar-refractivity contribution in [1.29, 1.82) is 5.26 Å². The van der Waals surface area contributed by atoms with E-state index in [4.69, 9.17) is 11.6 Å². The third-order valence-corrected chi connectivity index (χ3v) is 3.94. The number of aromatic amines is 1. The van der Waals surface area contributed by atoms with Gasteiger partial charge in [0, 0.05) is 17.3 Å². The molecule has 3 aromatic rings. The van der Waals surface area contributed by atoms with Gasteiger partial charge in [-0.1, -0.05) is 23.7 Å². The van der Waals surface area contributed by atoms with Crippen molar-refractivity contribution in [3.63, 3.8) is 0 Å². The number of aromatic nitrogens is 3. The van der Waals surface area contributed by atoms with Crippen LogP contribution in [0.3, 0.4) is 0 Å². The molecular formula is C18H9ClF4N4. The van der Waals surface area contributed by atoms with E-state index in [-0.39, 0.29) is 21.9 Å². The van der Waals surface area contributed by atoms with Crippen LogP contribution in [-0.4, -0.2) is 15.2 Å². The molecule has 27 heavy (non-hydrogen) atoms. The van der Waals surface area contributed by atoms with Gasteiger partial charge in [-0.3, -0.25) is 10.1 Å². The zero-order valence-corrected chi connectivity index (χ0v) is 14.1. The fourth-order valence-electron chi connectivity index (χ4n) is 2.38. The summed E-state index contributed by atoms with van der Waals surface area (Å²) in [6, 6.07) is 8.49. The number of benzene rings is 1. The summed E-state index contributed by atoms with van der Waals surface area (Å²) in [6.07, 6.45) is -1.32. The van der Waals surface area contributed by atoms with Crippen molar-refractivity contribution in [1.82, 2.24) is 15.2 Å². The Hall–Kier alpha value is -3.18. The van der Waals surface area contributed by atoms with E-state index in [1.807, 2.05) is 6.07 Å². The highest BCUT2D eigenvalue weighted by atomic mass is 35.5. The first kappa shape index (κ1) is 18.6.